The Morgan fingerprint density at radius 1 is 0.821 bits per heavy atom. The van der Waals surface area contributed by atoms with Gasteiger partial charge in [-0.1, -0.05) is 73.7 Å². The molecule has 1 aliphatic heterocycles. The van der Waals surface area contributed by atoms with Crippen molar-refractivity contribution < 1.29 is 0 Å². The van der Waals surface area contributed by atoms with Crippen LogP contribution in [0.15, 0.2) is 84.9 Å². The number of hydrogen-bond donors (Lipinski definition) is 1. The average Bonchev–Trinajstić information content (AvgIpc) is 2.69. The number of benzene rings is 3. The Labute approximate surface area is 173 Å². The van der Waals surface area contributed by atoms with E-state index >= 15 is 0 Å². The molecule has 0 bridgehead atoms. The minimum Gasteiger partial charge on any atom is -0.332 e. The van der Waals surface area contributed by atoms with Gasteiger partial charge in [0.15, 0.2) is 5.11 Å². The average molecular weight is 387 g/mol. The van der Waals surface area contributed by atoms with Crippen LogP contribution in [-0.2, 0) is 5.41 Å². The molecule has 0 aliphatic carbocycles. The zero-order valence-electron chi connectivity index (χ0n) is 16.6. The summed E-state index contributed by atoms with van der Waals surface area (Å²) in [6.45, 7) is 6.92. The molecule has 2 nitrogen and oxygen atoms in total. The lowest BCUT2D eigenvalue weighted by Gasteiger charge is -2.52. The van der Waals surface area contributed by atoms with Crippen molar-refractivity contribution in [1.29, 1.82) is 0 Å². The van der Waals surface area contributed by atoms with Crippen molar-refractivity contribution in [2.24, 2.45) is 0 Å². The summed E-state index contributed by atoms with van der Waals surface area (Å²) in [5, 5.41) is 4.17. The Morgan fingerprint density at radius 3 is 2.07 bits per heavy atom. The second kappa shape index (κ2) is 7.06. The van der Waals surface area contributed by atoms with Gasteiger partial charge < -0.3 is 10.2 Å². The van der Waals surface area contributed by atoms with Gasteiger partial charge in [-0.15, -0.1) is 0 Å². The third-order valence-corrected chi connectivity index (χ3v) is 6.05. The fourth-order valence-corrected chi connectivity index (χ4v) is 5.11. The highest BCUT2D eigenvalue weighted by Gasteiger charge is 2.46. The van der Waals surface area contributed by atoms with E-state index in [-0.39, 0.29) is 11.0 Å². The summed E-state index contributed by atoms with van der Waals surface area (Å²) in [7, 11) is 0. The predicted molar refractivity (Wildman–Crippen MR) is 123 cm³/mol. The molecular weight excluding hydrogens is 360 g/mol. The maximum absolute atomic E-state index is 5.89. The van der Waals surface area contributed by atoms with Crippen molar-refractivity contribution in [3.63, 3.8) is 0 Å². The third kappa shape index (κ3) is 3.20. The molecule has 1 heterocycles. The predicted octanol–water partition coefficient (Wildman–Crippen LogP) is 6.38. The number of thiocarbonyl (C=S) groups is 1. The largest absolute Gasteiger partial charge is 0.332 e. The summed E-state index contributed by atoms with van der Waals surface area (Å²) in [5.74, 6) is 0. The molecule has 3 heteroatoms. The lowest BCUT2D eigenvalue weighted by atomic mass is 9.65. The third-order valence-electron chi connectivity index (χ3n) is 5.77. The second-order valence-corrected chi connectivity index (χ2v) is 8.72. The van der Waals surface area contributed by atoms with Gasteiger partial charge >= 0.3 is 0 Å². The first-order chi connectivity index (χ1) is 13.4. The number of rotatable bonds is 2. The summed E-state index contributed by atoms with van der Waals surface area (Å²) in [4.78, 5) is 2.29. The van der Waals surface area contributed by atoms with Crippen molar-refractivity contribution in [2.75, 3.05) is 10.2 Å². The fourth-order valence-electron chi connectivity index (χ4n) is 4.65. The number of hydrogen-bond acceptors (Lipinski definition) is 1. The molecule has 28 heavy (non-hydrogen) atoms. The van der Waals surface area contributed by atoms with Gasteiger partial charge in [0.25, 0.3) is 0 Å². The van der Waals surface area contributed by atoms with E-state index in [2.05, 4.69) is 85.6 Å². The van der Waals surface area contributed by atoms with E-state index in [1.165, 1.54) is 16.8 Å². The molecule has 1 N–H and O–H groups in total. The lowest BCUT2D eigenvalue weighted by Crippen LogP contribution is -2.57. The van der Waals surface area contributed by atoms with E-state index < -0.39 is 0 Å². The molecular formula is C25H26N2S. The van der Waals surface area contributed by atoms with Crippen LogP contribution in [0.1, 0.15) is 38.3 Å². The molecule has 1 atom stereocenters. The first kappa shape index (κ1) is 18.7. The zero-order chi connectivity index (χ0) is 19.8. The van der Waals surface area contributed by atoms with Crippen molar-refractivity contribution >= 4 is 28.7 Å². The maximum Gasteiger partial charge on any atom is 0.178 e. The van der Waals surface area contributed by atoms with Gasteiger partial charge in [0.05, 0.1) is 0 Å². The Morgan fingerprint density at radius 2 is 1.39 bits per heavy atom. The van der Waals surface area contributed by atoms with Crippen LogP contribution in [0.3, 0.4) is 0 Å². The van der Waals surface area contributed by atoms with Gasteiger partial charge in [-0.3, -0.25) is 0 Å². The Hall–Kier alpha value is -2.65. The van der Waals surface area contributed by atoms with E-state index in [9.17, 15) is 0 Å². The normalized spacial score (nSPS) is 20.3. The van der Waals surface area contributed by atoms with E-state index in [0.29, 0.717) is 0 Å². The molecule has 1 unspecified atom stereocenters. The SMILES string of the molecule is CC1(c2ccccc2)CC(C)(C)N(C(=S)Nc2ccccc2)c2ccccc21. The number of para-hydroxylation sites is 2. The summed E-state index contributed by atoms with van der Waals surface area (Å²) in [5.41, 5.74) is 4.64. The highest BCUT2D eigenvalue weighted by atomic mass is 32.1. The Kier molecular flexibility index (Phi) is 4.72. The van der Waals surface area contributed by atoms with E-state index in [1.54, 1.807) is 0 Å². The maximum atomic E-state index is 5.89. The van der Waals surface area contributed by atoms with Crippen molar-refractivity contribution in [2.45, 2.75) is 38.1 Å². The quantitative estimate of drug-likeness (QED) is 0.515. The molecule has 3 aromatic carbocycles. The number of nitrogens with one attached hydrogen (secondary N) is 1. The lowest BCUT2D eigenvalue weighted by molar-refractivity contribution is 0.351. The molecule has 4 rings (SSSR count). The monoisotopic (exact) mass is 386 g/mol. The molecule has 0 amide bonds. The molecule has 0 saturated heterocycles. The van der Waals surface area contributed by atoms with Crippen LogP contribution < -0.4 is 10.2 Å². The number of fused-ring (bicyclic) bond motifs is 1. The second-order valence-electron chi connectivity index (χ2n) is 8.34. The molecule has 0 radical (unpaired) electrons. The number of anilines is 2. The van der Waals surface area contributed by atoms with E-state index in [1.807, 2.05) is 30.3 Å². The molecule has 0 spiro atoms. The molecule has 0 fully saturated rings. The van der Waals surface area contributed by atoms with Crippen LogP contribution in [0, 0.1) is 0 Å². The highest BCUT2D eigenvalue weighted by molar-refractivity contribution is 7.80. The van der Waals surface area contributed by atoms with Gasteiger partial charge in [-0.05, 0) is 61.8 Å². The summed E-state index contributed by atoms with van der Waals surface area (Å²) in [6, 6.07) is 29.6. The van der Waals surface area contributed by atoms with Crippen molar-refractivity contribution in [3.8, 4) is 0 Å². The molecule has 0 aromatic heterocycles. The first-order valence-electron chi connectivity index (χ1n) is 9.73. The van der Waals surface area contributed by atoms with Gasteiger partial charge in [-0.2, -0.15) is 0 Å². The topological polar surface area (TPSA) is 15.3 Å². The van der Waals surface area contributed by atoms with Gasteiger partial charge in [0.2, 0.25) is 0 Å². The van der Waals surface area contributed by atoms with Gasteiger partial charge in [0, 0.05) is 22.3 Å². The fraction of sp³-hybridized carbons (Fsp3) is 0.240. The highest BCUT2D eigenvalue weighted by Crippen LogP contribution is 2.50. The van der Waals surface area contributed by atoms with Crippen LogP contribution in [-0.4, -0.2) is 10.7 Å². The summed E-state index contributed by atoms with van der Waals surface area (Å²) >= 11 is 5.89. The minimum atomic E-state index is -0.141. The standard InChI is InChI=1S/C25H26N2S/c1-24(2)18-25(3,19-12-6-4-7-13-19)21-16-10-11-17-22(21)27(24)23(28)26-20-14-8-5-9-15-20/h4-17H,18H2,1-3H3,(H,26,28). The summed E-state index contributed by atoms with van der Waals surface area (Å²) < 4.78 is 0. The summed E-state index contributed by atoms with van der Waals surface area (Å²) in [6.07, 6.45) is 0.970. The first-order valence-corrected chi connectivity index (χ1v) is 10.1. The minimum absolute atomic E-state index is 0.0692. The molecule has 1 aliphatic rings. The van der Waals surface area contributed by atoms with E-state index in [4.69, 9.17) is 12.2 Å². The zero-order valence-corrected chi connectivity index (χ0v) is 17.5. The van der Waals surface area contributed by atoms with Crippen LogP contribution in [0.25, 0.3) is 0 Å². The van der Waals surface area contributed by atoms with Crippen molar-refractivity contribution in [1.82, 2.24) is 0 Å². The van der Waals surface area contributed by atoms with E-state index in [0.717, 1.165) is 17.2 Å². The van der Waals surface area contributed by atoms with Crippen LogP contribution in [0.4, 0.5) is 11.4 Å². The molecule has 0 saturated carbocycles. The van der Waals surface area contributed by atoms with Crippen LogP contribution in [0.5, 0.6) is 0 Å². The van der Waals surface area contributed by atoms with Crippen molar-refractivity contribution in [3.05, 3.63) is 96.1 Å². The van der Waals surface area contributed by atoms with Gasteiger partial charge in [0.1, 0.15) is 0 Å². The number of nitrogens with zero attached hydrogens (tertiary/aromatic N) is 1. The van der Waals surface area contributed by atoms with Crippen LogP contribution >= 0.6 is 12.2 Å². The smallest absolute Gasteiger partial charge is 0.178 e. The Bertz CT molecular complexity index is 982. The molecule has 142 valence electrons. The molecule has 3 aromatic rings. The Balaban J connectivity index is 1.80. The van der Waals surface area contributed by atoms with Crippen LogP contribution in [0.2, 0.25) is 0 Å². The van der Waals surface area contributed by atoms with Gasteiger partial charge in [-0.25, -0.2) is 0 Å².